The van der Waals surface area contributed by atoms with Crippen LogP contribution in [0.15, 0.2) is 0 Å². The second-order valence-corrected chi connectivity index (χ2v) is 11.5. The molecule has 4 aliphatic rings. The van der Waals surface area contributed by atoms with E-state index in [0.717, 1.165) is 57.8 Å². The Morgan fingerprint density at radius 1 is 1.10 bits per heavy atom. The van der Waals surface area contributed by atoms with Gasteiger partial charge >= 0.3 is 5.97 Å². The zero-order valence-electron chi connectivity index (χ0n) is 19.5. The lowest BCUT2D eigenvalue weighted by Crippen LogP contribution is -2.60. The minimum absolute atomic E-state index is 0.168. The first kappa shape index (κ1) is 22.3. The van der Waals surface area contributed by atoms with E-state index in [1.807, 2.05) is 13.8 Å². The summed E-state index contributed by atoms with van der Waals surface area (Å²) in [5.74, 6) is 2.66. The van der Waals surface area contributed by atoms with E-state index < -0.39 is 11.7 Å². The summed E-state index contributed by atoms with van der Waals surface area (Å²) in [7, 11) is 0. The molecular formula is C26H42O4. The maximum Gasteiger partial charge on any atom is 0.306 e. The standard InChI is InChI=1S/C26H42O4/c1-5-7-23(28)30-22(6-2)26(29)15-12-21-19-9-8-17-16-18(27)10-13-24(17,3)20(19)11-14-25(21,26)4/h17,19-22,29H,5-16H2,1-4H3/t17-,19+,20-,21-,22?,24-,25-,26+/m0/s1. The van der Waals surface area contributed by atoms with Gasteiger partial charge in [0, 0.05) is 24.7 Å². The van der Waals surface area contributed by atoms with E-state index in [2.05, 4.69) is 13.8 Å². The van der Waals surface area contributed by atoms with Gasteiger partial charge < -0.3 is 9.84 Å². The first-order chi connectivity index (χ1) is 14.2. The number of hydrogen-bond donors (Lipinski definition) is 1. The van der Waals surface area contributed by atoms with Gasteiger partial charge in [0.2, 0.25) is 0 Å². The van der Waals surface area contributed by atoms with Crippen molar-refractivity contribution < 1.29 is 19.4 Å². The fraction of sp³-hybridized carbons (Fsp3) is 0.923. The van der Waals surface area contributed by atoms with E-state index >= 15 is 0 Å². The molecule has 1 unspecified atom stereocenters. The summed E-state index contributed by atoms with van der Waals surface area (Å²) in [5.41, 5.74) is -0.813. The summed E-state index contributed by atoms with van der Waals surface area (Å²) in [6.45, 7) is 8.78. The smallest absolute Gasteiger partial charge is 0.306 e. The molecule has 1 N–H and O–H groups in total. The molecular weight excluding hydrogens is 376 g/mol. The molecule has 4 saturated carbocycles. The lowest BCUT2D eigenvalue weighted by Gasteiger charge is -2.61. The van der Waals surface area contributed by atoms with Crippen LogP contribution in [0, 0.1) is 34.5 Å². The molecule has 4 nitrogen and oxygen atoms in total. The van der Waals surface area contributed by atoms with E-state index in [-0.39, 0.29) is 16.8 Å². The first-order valence-corrected chi connectivity index (χ1v) is 12.6. The van der Waals surface area contributed by atoms with Crippen LogP contribution in [-0.4, -0.2) is 28.6 Å². The molecule has 0 heterocycles. The van der Waals surface area contributed by atoms with Crippen LogP contribution < -0.4 is 0 Å². The minimum Gasteiger partial charge on any atom is -0.459 e. The number of Topliss-reactive ketones (excluding diaryl/α,β-unsaturated/α-hetero) is 1. The number of fused-ring (bicyclic) bond motifs is 5. The van der Waals surface area contributed by atoms with Crippen molar-refractivity contribution >= 4 is 11.8 Å². The van der Waals surface area contributed by atoms with Gasteiger partial charge in [-0.2, -0.15) is 0 Å². The number of ether oxygens (including phenoxy) is 1. The lowest BCUT2D eigenvalue weighted by atomic mass is 9.44. The van der Waals surface area contributed by atoms with Gasteiger partial charge in [0.25, 0.3) is 0 Å². The Kier molecular flexibility index (Phi) is 5.87. The molecule has 4 aliphatic carbocycles. The Balaban J connectivity index is 1.57. The van der Waals surface area contributed by atoms with Gasteiger partial charge in [-0.05, 0) is 86.9 Å². The molecule has 30 heavy (non-hydrogen) atoms. The molecule has 8 atom stereocenters. The van der Waals surface area contributed by atoms with Crippen molar-refractivity contribution in [1.29, 1.82) is 0 Å². The SMILES string of the molecule is CCCC(=O)OC(CC)[C@]1(O)CC[C@H]2[C@@H]3CC[C@H]4CC(=O)CC[C@]4(C)[C@H]3CC[C@@]21C. The Hall–Kier alpha value is -0.900. The van der Waals surface area contributed by atoms with Crippen molar-refractivity contribution in [3.63, 3.8) is 0 Å². The highest BCUT2D eigenvalue weighted by Crippen LogP contribution is 2.68. The summed E-state index contributed by atoms with van der Waals surface area (Å²) in [4.78, 5) is 24.4. The average Bonchev–Trinajstić information content (AvgIpc) is 2.99. The van der Waals surface area contributed by atoms with Gasteiger partial charge in [-0.1, -0.05) is 27.7 Å². The Bertz CT molecular complexity index is 689. The molecule has 170 valence electrons. The molecule has 0 aromatic rings. The van der Waals surface area contributed by atoms with Crippen LogP contribution in [0.5, 0.6) is 0 Å². The number of carbonyl (C=O) groups excluding carboxylic acids is 2. The zero-order chi connectivity index (χ0) is 21.7. The van der Waals surface area contributed by atoms with Crippen LogP contribution in [0.3, 0.4) is 0 Å². The van der Waals surface area contributed by atoms with Crippen molar-refractivity contribution in [3.05, 3.63) is 0 Å². The predicted molar refractivity (Wildman–Crippen MR) is 117 cm³/mol. The maximum atomic E-state index is 12.3. The van der Waals surface area contributed by atoms with Crippen LogP contribution in [0.4, 0.5) is 0 Å². The van der Waals surface area contributed by atoms with Gasteiger partial charge in [-0.15, -0.1) is 0 Å². The maximum absolute atomic E-state index is 12.3. The molecule has 0 amide bonds. The number of hydrogen-bond acceptors (Lipinski definition) is 4. The van der Waals surface area contributed by atoms with Crippen molar-refractivity contribution in [3.8, 4) is 0 Å². The third kappa shape index (κ3) is 3.19. The van der Waals surface area contributed by atoms with Crippen molar-refractivity contribution in [2.45, 2.75) is 116 Å². The molecule has 0 aromatic carbocycles. The van der Waals surface area contributed by atoms with E-state index in [4.69, 9.17) is 4.74 Å². The van der Waals surface area contributed by atoms with E-state index in [1.165, 1.54) is 6.42 Å². The summed E-state index contributed by atoms with van der Waals surface area (Å²) in [5, 5.41) is 12.0. The summed E-state index contributed by atoms with van der Waals surface area (Å²) in [6, 6.07) is 0. The normalized spacial score (nSPS) is 46.5. The van der Waals surface area contributed by atoms with Crippen molar-refractivity contribution in [1.82, 2.24) is 0 Å². The van der Waals surface area contributed by atoms with Gasteiger partial charge in [-0.25, -0.2) is 0 Å². The van der Waals surface area contributed by atoms with Crippen molar-refractivity contribution in [2.75, 3.05) is 0 Å². The minimum atomic E-state index is -0.916. The molecule has 0 aromatic heterocycles. The molecule has 4 heteroatoms. The van der Waals surface area contributed by atoms with Crippen LogP contribution in [-0.2, 0) is 14.3 Å². The molecule has 0 radical (unpaired) electrons. The van der Waals surface area contributed by atoms with Crippen LogP contribution >= 0.6 is 0 Å². The second kappa shape index (κ2) is 7.90. The second-order valence-electron chi connectivity index (χ2n) is 11.5. The molecule has 0 spiro atoms. The molecule has 0 saturated heterocycles. The molecule has 4 rings (SSSR count). The highest BCUT2D eigenvalue weighted by Gasteiger charge is 2.66. The van der Waals surface area contributed by atoms with Gasteiger partial charge in [0.15, 0.2) is 0 Å². The Labute approximate surface area is 182 Å². The van der Waals surface area contributed by atoms with E-state index in [9.17, 15) is 14.7 Å². The van der Waals surface area contributed by atoms with E-state index in [0.29, 0.717) is 42.3 Å². The average molecular weight is 419 g/mol. The van der Waals surface area contributed by atoms with Crippen LogP contribution in [0.1, 0.15) is 105 Å². The monoisotopic (exact) mass is 418 g/mol. The first-order valence-electron chi connectivity index (χ1n) is 12.6. The molecule has 0 aliphatic heterocycles. The van der Waals surface area contributed by atoms with Crippen LogP contribution in [0.2, 0.25) is 0 Å². The molecule has 4 fully saturated rings. The number of aliphatic hydroxyl groups is 1. The fourth-order valence-corrected chi connectivity index (χ4v) is 8.57. The number of ketones is 1. The largest absolute Gasteiger partial charge is 0.459 e. The fourth-order valence-electron chi connectivity index (χ4n) is 8.57. The highest BCUT2D eigenvalue weighted by molar-refractivity contribution is 5.79. The van der Waals surface area contributed by atoms with E-state index in [1.54, 1.807) is 0 Å². The van der Waals surface area contributed by atoms with Crippen LogP contribution in [0.25, 0.3) is 0 Å². The van der Waals surface area contributed by atoms with Gasteiger partial charge in [0.1, 0.15) is 17.5 Å². The lowest BCUT2D eigenvalue weighted by molar-refractivity contribution is -0.203. The summed E-state index contributed by atoms with van der Waals surface area (Å²) < 4.78 is 5.87. The topological polar surface area (TPSA) is 63.6 Å². The van der Waals surface area contributed by atoms with Gasteiger partial charge in [0.05, 0.1) is 0 Å². The summed E-state index contributed by atoms with van der Waals surface area (Å²) >= 11 is 0. The quantitative estimate of drug-likeness (QED) is 0.603. The number of esters is 1. The third-order valence-corrected chi connectivity index (χ3v) is 10.3. The van der Waals surface area contributed by atoms with Crippen molar-refractivity contribution in [2.24, 2.45) is 34.5 Å². The third-order valence-electron chi connectivity index (χ3n) is 10.3. The Morgan fingerprint density at radius 2 is 1.83 bits per heavy atom. The number of carbonyl (C=O) groups is 2. The summed E-state index contributed by atoms with van der Waals surface area (Å²) in [6.07, 6.45) is 10.4. The number of rotatable bonds is 5. The predicted octanol–water partition coefficient (Wildman–Crippen LogP) is 5.45. The Morgan fingerprint density at radius 3 is 2.53 bits per heavy atom. The molecule has 0 bridgehead atoms. The van der Waals surface area contributed by atoms with Gasteiger partial charge in [-0.3, -0.25) is 9.59 Å². The zero-order valence-corrected chi connectivity index (χ0v) is 19.5. The highest BCUT2D eigenvalue weighted by atomic mass is 16.6.